The molecule has 0 unspecified atom stereocenters. The van der Waals surface area contributed by atoms with Gasteiger partial charge in [0.1, 0.15) is 11.5 Å². The summed E-state index contributed by atoms with van der Waals surface area (Å²) in [4.78, 5) is 11.8. The van der Waals surface area contributed by atoms with Crippen molar-refractivity contribution in [3.05, 3.63) is 59.2 Å². The molecule has 0 saturated carbocycles. The van der Waals surface area contributed by atoms with Gasteiger partial charge in [0, 0.05) is 0 Å². The molecule has 0 aliphatic heterocycles. The van der Waals surface area contributed by atoms with Crippen molar-refractivity contribution in [2.45, 2.75) is 33.1 Å². The van der Waals surface area contributed by atoms with E-state index in [1.54, 1.807) is 24.3 Å². The maximum atomic E-state index is 11.8. The Morgan fingerprint density at radius 1 is 1.24 bits per heavy atom. The van der Waals surface area contributed by atoms with Crippen molar-refractivity contribution in [2.75, 3.05) is 6.61 Å². The van der Waals surface area contributed by atoms with Crippen molar-refractivity contribution < 1.29 is 14.6 Å². The van der Waals surface area contributed by atoms with Crippen molar-refractivity contribution in [1.82, 2.24) is 5.43 Å². The Bertz CT molecular complexity index is 777. The number of carbonyl (C=O) groups is 1. The maximum Gasteiger partial charge on any atom is 0.277 e. The molecular formula is C20H24N2O3. The second-order valence-corrected chi connectivity index (χ2v) is 6.91. The maximum absolute atomic E-state index is 11.8. The highest BCUT2D eigenvalue weighted by Crippen LogP contribution is 2.27. The zero-order valence-corrected chi connectivity index (χ0v) is 15.0. The molecule has 132 valence electrons. The minimum atomic E-state index is -0.351. The number of phenols is 1. The molecule has 0 bridgehead atoms. The number of carbonyl (C=O) groups excluding carboxylic acids is 1. The molecule has 2 N–H and O–H groups in total. The fraction of sp³-hybridized carbons (Fsp3) is 0.300. The third-order valence-electron chi connectivity index (χ3n) is 3.67. The molecule has 25 heavy (non-hydrogen) atoms. The SMILES string of the molecule is Cc1cc(C(C)(C)C)ccc1OCC(=O)NN=Cc1cccc(O)c1. The molecule has 0 aromatic heterocycles. The van der Waals surface area contributed by atoms with E-state index in [9.17, 15) is 9.90 Å². The number of rotatable bonds is 5. The normalized spacial score (nSPS) is 11.5. The second-order valence-electron chi connectivity index (χ2n) is 6.91. The highest BCUT2D eigenvalue weighted by atomic mass is 16.5. The number of hydrazone groups is 1. The van der Waals surface area contributed by atoms with Crippen LogP contribution in [0.15, 0.2) is 47.6 Å². The number of nitrogens with one attached hydrogen (secondary N) is 1. The Hall–Kier alpha value is -2.82. The van der Waals surface area contributed by atoms with E-state index in [0.717, 1.165) is 5.56 Å². The molecule has 0 aliphatic carbocycles. The molecule has 2 aromatic carbocycles. The summed E-state index contributed by atoms with van der Waals surface area (Å²) in [5, 5.41) is 13.2. The summed E-state index contributed by atoms with van der Waals surface area (Å²) in [5.41, 5.74) is 5.37. The minimum Gasteiger partial charge on any atom is -0.508 e. The third-order valence-corrected chi connectivity index (χ3v) is 3.67. The quantitative estimate of drug-likeness (QED) is 0.646. The summed E-state index contributed by atoms with van der Waals surface area (Å²) in [5.74, 6) is 0.476. The standard InChI is InChI=1S/C20H24N2O3/c1-14-10-16(20(2,3)4)8-9-18(14)25-13-19(24)22-21-12-15-6-5-7-17(23)11-15/h5-12,23H,13H2,1-4H3,(H,22,24). The van der Waals surface area contributed by atoms with Crippen molar-refractivity contribution in [2.24, 2.45) is 5.10 Å². The summed E-state index contributed by atoms with van der Waals surface area (Å²) < 4.78 is 5.56. The second kappa shape index (κ2) is 7.83. The fourth-order valence-electron chi connectivity index (χ4n) is 2.24. The van der Waals surface area contributed by atoms with Gasteiger partial charge < -0.3 is 9.84 Å². The van der Waals surface area contributed by atoms with Gasteiger partial charge in [0.25, 0.3) is 5.91 Å². The molecule has 0 heterocycles. The van der Waals surface area contributed by atoms with Gasteiger partial charge in [-0.2, -0.15) is 5.10 Å². The number of aromatic hydroxyl groups is 1. The molecule has 5 heteroatoms. The van der Waals surface area contributed by atoms with E-state index in [2.05, 4.69) is 37.4 Å². The van der Waals surface area contributed by atoms with Crippen LogP contribution in [0.4, 0.5) is 0 Å². The molecule has 1 amide bonds. The first kappa shape index (κ1) is 18.5. The average molecular weight is 340 g/mol. The van der Waals surface area contributed by atoms with E-state index >= 15 is 0 Å². The largest absolute Gasteiger partial charge is 0.508 e. The highest BCUT2D eigenvalue weighted by molar-refractivity contribution is 5.83. The summed E-state index contributed by atoms with van der Waals surface area (Å²) in [7, 11) is 0. The molecular weight excluding hydrogens is 316 g/mol. The Labute approximate surface area is 148 Å². The number of nitrogens with zero attached hydrogens (tertiary/aromatic N) is 1. The van der Waals surface area contributed by atoms with E-state index < -0.39 is 0 Å². The van der Waals surface area contributed by atoms with Crippen LogP contribution < -0.4 is 10.2 Å². The third kappa shape index (κ3) is 5.64. The summed E-state index contributed by atoms with van der Waals surface area (Å²) in [6, 6.07) is 12.6. The van der Waals surface area contributed by atoms with Crippen molar-refractivity contribution in [3.8, 4) is 11.5 Å². The number of hydrogen-bond acceptors (Lipinski definition) is 4. The number of amides is 1. The molecule has 0 fully saturated rings. The molecule has 0 radical (unpaired) electrons. The first-order valence-corrected chi connectivity index (χ1v) is 8.10. The van der Waals surface area contributed by atoms with E-state index in [-0.39, 0.29) is 23.7 Å². The van der Waals surface area contributed by atoms with Crippen LogP contribution in [0.25, 0.3) is 0 Å². The first-order chi connectivity index (χ1) is 11.8. The monoisotopic (exact) mass is 340 g/mol. The Morgan fingerprint density at radius 3 is 2.64 bits per heavy atom. The first-order valence-electron chi connectivity index (χ1n) is 8.10. The Morgan fingerprint density at radius 2 is 2.00 bits per heavy atom. The zero-order chi connectivity index (χ0) is 18.4. The molecule has 0 atom stereocenters. The number of phenolic OH excluding ortho intramolecular Hbond substituents is 1. The Balaban J connectivity index is 1.88. The number of hydrogen-bond donors (Lipinski definition) is 2. The van der Waals surface area contributed by atoms with Crippen molar-refractivity contribution >= 4 is 12.1 Å². The lowest BCUT2D eigenvalue weighted by Crippen LogP contribution is -2.24. The zero-order valence-electron chi connectivity index (χ0n) is 15.0. The average Bonchev–Trinajstić information content (AvgIpc) is 2.53. The topological polar surface area (TPSA) is 70.9 Å². The Kier molecular flexibility index (Phi) is 5.80. The molecule has 0 spiro atoms. The predicted molar refractivity (Wildman–Crippen MR) is 99.2 cm³/mol. The molecule has 2 rings (SSSR count). The van der Waals surface area contributed by atoms with Crippen LogP contribution in [0.1, 0.15) is 37.5 Å². The summed E-state index contributed by atoms with van der Waals surface area (Å²) in [6.45, 7) is 8.30. The lowest BCUT2D eigenvalue weighted by molar-refractivity contribution is -0.123. The van der Waals surface area contributed by atoms with Crippen LogP contribution in [-0.4, -0.2) is 23.8 Å². The van der Waals surface area contributed by atoms with Crippen LogP contribution in [-0.2, 0) is 10.2 Å². The van der Waals surface area contributed by atoms with E-state index in [4.69, 9.17) is 4.74 Å². The van der Waals surface area contributed by atoms with Gasteiger partial charge in [-0.1, -0.05) is 45.0 Å². The minimum absolute atomic E-state index is 0.0707. The summed E-state index contributed by atoms with van der Waals surface area (Å²) in [6.07, 6.45) is 1.46. The van der Waals surface area contributed by atoms with E-state index in [1.165, 1.54) is 11.8 Å². The lowest BCUT2D eigenvalue weighted by Gasteiger charge is -2.20. The number of ether oxygens (including phenoxy) is 1. The smallest absolute Gasteiger partial charge is 0.277 e. The van der Waals surface area contributed by atoms with Gasteiger partial charge in [0.05, 0.1) is 6.21 Å². The van der Waals surface area contributed by atoms with Gasteiger partial charge in [0.2, 0.25) is 0 Å². The predicted octanol–water partition coefficient (Wildman–Crippen LogP) is 3.53. The van der Waals surface area contributed by atoms with E-state index in [1.807, 2.05) is 19.1 Å². The highest BCUT2D eigenvalue weighted by Gasteiger charge is 2.15. The summed E-state index contributed by atoms with van der Waals surface area (Å²) >= 11 is 0. The van der Waals surface area contributed by atoms with Crippen LogP contribution in [0.3, 0.4) is 0 Å². The molecule has 0 saturated heterocycles. The van der Waals surface area contributed by atoms with Crippen molar-refractivity contribution in [1.29, 1.82) is 0 Å². The molecule has 0 aliphatic rings. The van der Waals surface area contributed by atoms with Crippen LogP contribution in [0, 0.1) is 6.92 Å². The van der Waals surface area contributed by atoms with Gasteiger partial charge >= 0.3 is 0 Å². The van der Waals surface area contributed by atoms with Gasteiger partial charge in [-0.05, 0) is 47.2 Å². The number of benzene rings is 2. The van der Waals surface area contributed by atoms with Gasteiger partial charge in [-0.15, -0.1) is 0 Å². The van der Waals surface area contributed by atoms with Gasteiger partial charge in [-0.3, -0.25) is 4.79 Å². The van der Waals surface area contributed by atoms with Crippen molar-refractivity contribution in [3.63, 3.8) is 0 Å². The van der Waals surface area contributed by atoms with E-state index in [0.29, 0.717) is 11.3 Å². The van der Waals surface area contributed by atoms with Crippen LogP contribution >= 0.6 is 0 Å². The molecule has 2 aromatic rings. The van der Waals surface area contributed by atoms with Crippen LogP contribution in [0.5, 0.6) is 11.5 Å². The van der Waals surface area contributed by atoms with Gasteiger partial charge in [-0.25, -0.2) is 5.43 Å². The number of aryl methyl sites for hydroxylation is 1. The van der Waals surface area contributed by atoms with Gasteiger partial charge in [0.15, 0.2) is 6.61 Å². The lowest BCUT2D eigenvalue weighted by atomic mass is 9.86. The fourth-order valence-corrected chi connectivity index (χ4v) is 2.24. The molecule has 5 nitrogen and oxygen atoms in total. The van der Waals surface area contributed by atoms with Crippen LogP contribution in [0.2, 0.25) is 0 Å².